The minimum Gasteiger partial charge on any atom is -0.399 e. The second-order valence-corrected chi connectivity index (χ2v) is 5.57. The summed E-state index contributed by atoms with van der Waals surface area (Å²) in [4.78, 5) is 4.66. The van der Waals surface area contributed by atoms with Crippen molar-refractivity contribution in [3.63, 3.8) is 0 Å². The summed E-state index contributed by atoms with van der Waals surface area (Å²) >= 11 is 0. The zero-order valence-corrected chi connectivity index (χ0v) is 12.0. The zero-order valence-electron chi connectivity index (χ0n) is 12.0. The van der Waals surface area contributed by atoms with E-state index < -0.39 is 29.8 Å². The molecule has 0 amide bonds. The minimum absolute atomic E-state index is 0.173. The van der Waals surface area contributed by atoms with Gasteiger partial charge in [0.1, 0.15) is 12.5 Å². The maximum atomic E-state index is 12.3. The second-order valence-electron chi connectivity index (χ2n) is 5.57. The van der Waals surface area contributed by atoms with Crippen LogP contribution in [0.15, 0.2) is 5.16 Å². The van der Waals surface area contributed by atoms with Gasteiger partial charge in [-0.3, -0.25) is 0 Å². The van der Waals surface area contributed by atoms with Crippen LogP contribution in [0.25, 0.3) is 0 Å². The van der Waals surface area contributed by atoms with Crippen molar-refractivity contribution in [3.05, 3.63) is 0 Å². The summed E-state index contributed by atoms with van der Waals surface area (Å²) in [6.07, 6.45) is -6.34. The van der Waals surface area contributed by atoms with E-state index in [9.17, 15) is 13.2 Å². The van der Waals surface area contributed by atoms with Crippen molar-refractivity contribution in [1.82, 2.24) is 0 Å². The molecule has 0 fully saturated rings. The highest BCUT2D eigenvalue weighted by molar-refractivity contribution is 5.90. The highest BCUT2D eigenvalue weighted by Gasteiger charge is 2.40. The number of rotatable bonds is 5. The summed E-state index contributed by atoms with van der Waals surface area (Å²) < 4.78 is 36.9. The monoisotopic (exact) mass is 289 g/mol. The molecular formula is C13H18F3N3O. The summed E-state index contributed by atoms with van der Waals surface area (Å²) in [5.41, 5.74) is -1.88. The van der Waals surface area contributed by atoms with Gasteiger partial charge in [0.15, 0.2) is 0 Å². The molecule has 0 heterocycles. The SMILES string of the molecule is CON=C(CC(C#N)(C#N)CCC(F)(F)F)C(C)(C)C. The average Bonchev–Trinajstić information content (AvgIpc) is 2.31. The van der Waals surface area contributed by atoms with E-state index >= 15 is 0 Å². The van der Waals surface area contributed by atoms with Crippen molar-refractivity contribution >= 4 is 5.71 Å². The molecule has 0 unspecified atom stereocenters. The van der Waals surface area contributed by atoms with Crippen molar-refractivity contribution in [1.29, 1.82) is 10.5 Å². The third kappa shape index (κ3) is 5.92. The molecule has 0 aromatic rings. The Morgan fingerprint density at radius 3 is 1.90 bits per heavy atom. The first-order chi connectivity index (χ1) is 8.99. The van der Waals surface area contributed by atoms with E-state index in [4.69, 9.17) is 10.5 Å². The molecule has 0 saturated heterocycles. The maximum Gasteiger partial charge on any atom is 0.389 e. The first-order valence-corrected chi connectivity index (χ1v) is 5.99. The fourth-order valence-corrected chi connectivity index (χ4v) is 1.49. The van der Waals surface area contributed by atoms with Gasteiger partial charge in [-0.15, -0.1) is 0 Å². The van der Waals surface area contributed by atoms with Gasteiger partial charge in [-0.25, -0.2) is 0 Å². The first-order valence-electron chi connectivity index (χ1n) is 5.99. The van der Waals surface area contributed by atoms with Gasteiger partial charge in [0.05, 0.1) is 17.9 Å². The summed E-state index contributed by atoms with van der Waals surface area (Å²) in [6.45, 7) is 5.36. The highest BCUT2D eigenvalue weighted by Crippen LogP contribution is 2.36. The van der Waals surface area contributed by atoms with Gasteiger partial charge in [0.2, 0.25) is 0 Å². The molecule has 0 N–H and O–H groups in total. The Morgan fingerprint density at radius 2 is 1.60 bits per heavy atom. The summed E-state index contributed by atoms with van der Waals surface area (Å²) in [7, 11) is 1.31. The van der Waals surface area contributed by atoms with Crippen molar-refractivity contribution in [3.8, 4) is 12.1 Å². The van der Waals surface area contributed by atoms with Crippen LogP contribution < -0.4 is 0 Å². The molecule has 0 radical (unpaired) electrons. The Bertz CT molecular complexity index is 422. The van der Waals surface area contributed by atoms with Crippen molar-refractivity contribution in [2.75, 3.05) is 7.11 Å². The van der Waals surface area contributed by atoms with Gasteiger partial charge in [-0.05, 0) is 6.42 Å². The smallest absolute Gasteiger partial charge is 0.389 e. The summed E-state index contributed by atoms with van der Waals surface area (Å²) in [5, 5.41) is 22.0. The molecule has 0 atom stereocenters. The molecule has 0 aromatic carbocycles. The number of alkyl halides is 3. The Labute approximate surface area is 116 Å². The molecule has 0 aliphatic rings. The number of hydrogen-bond donors (Lipinski definition) is 0. The Balaban J connectivity index is 5.26. The van der Waals surface area contributed by atoms with Gasteiger partial charge in [-0.2, -0.15) is 23.7 Å². The number of nitriles is 2. The largest absolute Gasteiger partial charge is 0.399 e. The third-order valence-corrected chi connectivity index (χ3v) is 2.80. The lowest BCUT2D eigenvalue weighted by Gasteiger charge is -2.26. The van der Waals surface area contributed by atoms with Crippen molar-refractivity contribution in [2.45, 2.75) is 46.2 Å². The summed E-state index contributed by atoms with van der Waals surface area (Å²) in [5.74, 6) is 0. The van der Waals surface area contributed by atoms with Gasteiger partial charge in [0.25, 0.3) is 0 Å². The molecule has 0 rings (SSSR count). The van der Waals surface area contributed by atoms with Crippen LogP contribution in [0, 0.1) is 33.5 Å². The number of hydrogen-bond acceptors (Lipinski definition) is 4. The van der Waals surface area contributed by atoms with E-state index in [2.05, 4.69) is 9.99 Å². The maximum absolute atomic E-state index is 12.3. The van der Waals surface area contributed by atoms with Crippen LogP contribution in [-0.4, -0.2) is 19.0 Å². The van der Waals surface area contributed by atoms with E-state index in [0.29, 0.717) is 5.71 Å². The molecule has 0 bridgehead atoms. The fourth-order valence-electron chi connectivity index (χ4n) is 1.49. The van der Waals surface area contributed by atoms with Crippen LogP contribution in [-0.2, 0) is 4.84 Å². The van der Waals surface area contributed by atoms with Crippen LogP contribution >= 0.6 is 0 Å². The van der Waals surface area contributed by atoms with Gasteiger partial charge >= 0.3 is 6.18 Å². The zero-order chi connectivity index (χ0) is 16.0. The van der Waals surface area contributed by atoms with Crippen molar-refractivity contribution < 1.29 is 18.0 Å². The van der Waals surface area contributed by atoms with Crippen LogP contribution in [0.5, 0.6) is 0 Å². The van der Waals surface area contributed by atoms with E-state index in [0.717, 1.165) is 0 Å². The molecule has 7 heteroatoms. The molecule has 0 aliphatic carbocycles. The number of halogens is 3. The Kier molecular flexibility index (Phi) is 6.02. The van der Waals surface area contributed by atoms with E-state index in [1.54, 1.807) is 32.9 Å². The van der Waals surface area contributed by atoms with Gasteiger partial charge in [-0.1, -0.05) is 25.9 Å². The molecule has 112 valence electrons. The van der Waals surface area contributed by atoms with Crippen LogP contribution in [0.3, 0.4) is 0 Å². The molecule has 4 nitrogen and oxygen atoms in total. The van der Waals surface area contributed by atoms with E-state index in [-0.39, 0.29) is 6.42 Å². The number of oxime groups is 1. The lowest BCUT2D eigenvalue weighted by molar-refractivity contribution is -0.138. The van der Waals surface area contributed by atoms with Crippen LogP contribution in [0.2, 0.25) is 0 Å². The Morgan fingerprint density at radius 1 is 1.10 bits per heavy atom. The standard InChI is InChI=1S/C13H18F3N3O/c1-11(2,3)10(19-20-4)7-12(8-17,9-18)5-6-13(14,15)16/h5-7H2,1-4H3. The van der Waals surface area contributed by atoms with Crippen LogP contribution in [0.4, 0.5) is 13.2 Å². The Hall–Kier alpha value is -1.76. The second kappa shape index (κ2) is 6.60. The topological polar surface area (TPSA) is 69.2 Å². The van der Waals surface area contributed by atoms with E-state index in [1.807, 2.05) is 0 Å². The molecular weight excluding hydrogens is 271 g/mol. The van der Waals surface area contributed by atoms with Crippen LogP contribution in [0.1, 0.15) is 40.0 Å². The van der Waals surface area contributed by atoms with E-state index in [1.165, 1.54) is 7.11 Å². The highest BCUT2D eigenvalue weighted by atomic mass is 19.4. The minimum atomic E-state index is -4.40. The lowest BCUT2D eigenvalue weighted by atomic mass is 9.75. The predicted octanol–water partition coefficient (Wildman–Crippen LogP) is 3.80. The molecule has 0 spiro atoms. The molecule has 0 aliphatic heterocycles. The molecule has 0 aromatic heterocycles. The third-order valence-electron chi connectivity index (χ3n) is 2.80. The average molecular weight is 289 g/mol. The van der Waals surface area contributed by atoms with Gasteiger partial charge < -0.3 is 4.84 Å². The summed E-state index contributed by atoms with van der Waals surface area (Å²) in [6, 6.07) is 3.40. The lowest BCUT2D eigenvalue weighted by Crippen LogP contribution is -2.30. The van der Waals surface area contributed by atoms with Crippen molar-refractivity contribution in [2.24, 2.45) is 16.0 Å². The normalized spacial score (nSPS) is 13.6. The fraction of sp³-hybridized carbons (Fsp3) is 0.769. The number of nitrogens with zero attached hydrogens (tertiary/aromatic N) is 3. The first kappa shape index (κ1) is 18.2. The predicted molar refractivity (Wildman–Crippen MR) is 67.5 cm³/mol. The molecule has 0 saturated carbocycles. The van der Waals surface area contributed by atoms with Gasteiger partial charge in [0, 0.05) is 18.3 Å². The quantitative estimate of drug-likeness (QED) is 0.571. The molecule has 20 heavy (non-hydrogen) atoms.